The van der Waals surface area contributed by atoms with Gasteiger partial charge in [0.05, 0.1) is 5.02 Å². The molecule has 1 aliphatic carbocycles. The number of nitrogens with one attached hydrogen (secondary N) is 1. The number of carbonyl (C=O) groups is 1. The normalized spacial score (nSPS) is 16.8. The molecule has 0 bridgehead atoms. The quantitative estimate of drug-likeness (QED) is 0.791. The first-order chi connectivity index (χ1) is 8.16. The van der Waals surface area contributed by atoms with E-state index in [-0.39, 0.29) is 5.91 Å². The SMILES string of the molecule is O=C(NC1CCCCC1)c1ccc(I)c(Cl)c1. The van der Waals surface area contributed by atoms with Crippen LogP contribution in [0, 0.1) is 3.57 Å². The van der Waals surface area contributed by atoms with Gasteiger partial charge in [0, 0.05) is 15.2 Å². The van der Waals surface area contributed by atoms with Gasteiger partial charge in [-0.15, -0.1) is 0 Å². The number of hydrogen-bond donors (Lipinski definition) is 1. The van der Waals surface area contributed by atoms with Crippen molar-refractivity contribution in [3.05, 3.63) is 32.4 Å². The van der Waals surface area contributed by atoms with Gasteiger partial charge in [-0.05, 0) is 53.6 Å². The lowest BCUT2D eigenvalue weighted by atomic mass is 9.95. The van der Waals surface area contributed by atoms with Crippen molar-refractivity contribution in [3.8, 4) is 0 Å². The third kappa shape index (κ3) is 3.58. The predicted octanol–water partition coefficient (Wildman–Crippen LogP) is 4.01. The van der Waals surface area contributed by atoms with Crippen LogP contribution in [0.5, 0.6) is 0 Å². The van der Waals surface area contributed by atoms with Crippen molar-refractivity contribution in [2.45, 2.75) is 38.1 Å². The Morgan fingerprint density at radius 2 is 2.00 bits per heavy atom. The topological polar surface area (TPSA) is 29.1 Å². The molecule has 1 aromatic rings. The van der Waals surface area contributed by atoms with Gasteiger partial charge in [-0.2, -0.15) is 0 Å². The third-order valence-electron chi connectivity index (χ3n) is 3.12. The maximum atomic E-state index is 12.0. The van der Waals surface area contributed by atoms with Crippen molar-refractivity contribution in [1.29, 1.82) is 0 Å². The van der Waals surface area contributed by atoms with E-state index in [9.17, 15) is 4.79 Å². The van der Waals surface area contributed by atoms with Crippen LogP contribution in [0.15, 0.2) is 18.2 Å². The highest BCUT2D eigenvalue weighted by atomic mass is 127. The average Bonchev–Trinajstić information content (AvgIpc) is 2.34. The molecule has 92 valence electrons. The lowest BCUT2D eigenvalue weighted by Gasteiger charge is -2.22. The van der Waals surface area contributed by atoms with Crippen LogP contribution in [0.1, 0.15) is 42.5 Å². The molecule has 0 spiro atoms. The van der Waals surface area contributed by atoms with E-state index in [0.29, 0.717) is 16.6 Å². The Morgan fingerprint density at radius 3 is 2.65 bits per heavy atom. The monoisotopic (exact) mass is 363 g/mol. The van der Waals surface area contributed by atoms with Gasteiger partial charge in [0.15, 0.2) is 0 Å². The van der Waals surface area contributed by atoms with Crippen LogP contribution in [0.25, 0.3) is 0 Å². The van der Waals surface area contributed by atoms with Gasteiger partial charge in [0.2, 0.25) is 0 Å². The highest BCUT2D eigenvalue weighted by Crippen LogP contribution is 2.21. The first kappa shape index (κ1) is 13.1. The Morgan fingerprint density at radius 1 is 1.29 bits per heavy atom. The summed E-state index contributed by atoms with van der Waals surface area (Å²) in [7, 11) is 0. The Labute approximate surface area is 120 Å². The summed E-state index contributed by atoms with van der Waals surface area (Å²) in [5.41, 5.74) is 0.654. The van der Waals surface area contributed by atoms with E-state index in [1.54, 1.807) is 6.07 Å². The van der Waals surface area contributed by atoms with Crippen LogP contribution < -0.4 is 5.32 Å². The first-order valence-electron chi connectivity index (χ1n) is 5.93. The number of benzene rings is 1. The van der Waals surface area contributed by atoms with Gasteiger partial charge in [0.25, 0.3) is 5.91 Å². The zero-order valence-electron chi connectivity index (χ0n) is 9.51. The Balaban J connectivity index is 2.01. The smallest absolute Gasteiger partial charge is 0.251 e. The van der Waals surface area contributed by atoms with Crippen LogP contribution in [0.4, 0.5) is 0 Å². The van der Waals surface area contributed by atoms with E-state index in [1.165, 1.54) is 19.3 Å². The van der Waals surface area contributed by atoms with E-state index in [1.807, 2.05) is 12.1 Å². The van der Waals surface area contributed by atoms with E-state index >= 15 is 0 Å². The van der Waals surface area contributed by atoms with Crippen LogP contribution in [-0.2, 0) is 0 Å². The fourth-order valence-electron chi connectivity index (χ4n) is 2.15. The van der Waals surface area contributed by atoms with E-state index in [0.717, 1.165) is 16.4 Å². The largest absolute Gasteiger partial charge is 0.349 e. The molecule has 0 aliphatic heterocycles. The molecule has 2 rings (SSSR count). The minimum atomic E-state index is -0.00444. The average molecular weight is 364 g/mol. The molecule has 0 radical (unpaired) electrons. The summed E-state index contributed by atoms with van der Waals surface area (Å²) in [6, 6.07) is 5.78. The third-order valence-corrected chi connectivity index (χ3v) is 4.69. The van der Waals surface area contributed by atoms with Crippen LogP contribution in [0.2, 0.25) is 5.02 Å². The van der Waals surface area contributed by atoms with Crippen molar-refractivity contribution in [3.63, 3.8) is 0 Å². The van der Waals surface area contributed by atoms with Crippen molar-refractivity contribution >= 4 is 40.1 Å². The van der Waals surface area contributed by atoms with Gasteiger partial charge in [0.1, 0.15) is 0 Å². The van der Waals surface area contributed by atoms with Gasteiger partial charge in [-0.1, -0.05) is 30.9 Å². The summed E-state index contributed by atoms with van der Waals surface area (Å²) in [5.74, 6) is -0.00444. The standard InChI is InChI=1S/C13H15ClINO/c14-11-8-9(6-7-12(11)15)13(17)16-10-4-2-1-3-5-10/h6-8,10H,1-5H2,(H,16,17). The lowest BCUT2D eigenvalue weighted by Crippen LogP contribution is -2.36. The molecule has 17 heavy (non-hydrogen) atoms. The molecule has 1 amide bonds. The minimum Gasteiger partial charge on any atom is -0.349 e. The molecular weight excluding hydrogens is 349 g/mol. The second-order valence-corrected chi connectivity index (χ2v) is 6.01. The van der Waals surface area contributed by atoms with E-state index in [2.05, 4.69) is 27.9 Å². The summed E-state index contributed by atoms with van der Waals surface area (Å²) >= 11 is 8.17. The molecule has 4 heteroatoms. The Hall–Kier alpha value is -0.290. The van der Waals surface area contributed by atoms with Crippen molar-refractivity contribution in [1.82, 2.24) is 5.32 Å². The Kier molecular flexibility index (Phi) is 4.68. The second-order valence-electron chi connectivity index (χ2n) is 4.44. The van der Waals surface area contributed by atoms with Crippen LogP contribution in [-0.4, -0.2) is 11.9 Å². The summed E-state index contributed by atoms with van der Waals surface area (Å²) in [5, 5.41) is 3.72. The molecule has 0 saturated heterocycles. The molecule has 2 nitrogen and oxygen atoms in total. The van der Waals surface area contributed by atoms with Gasteiger partial charge >= 0.3 is 0 Å². The number of rotatable bonds is 2. The zero-order chi connectivity index (χ0) is 12.3. The molecular formula is C13H15ClINO. The van der Waals surface area contributed by atoms with Gasteiger partial charge < -0.3 is 5.32 Å². The highest BCUT2D eigenvalue weighted by Gasteiger charge is 2.16. The zero-order valence-corrected chi connectivity index (χ0v) is 12.4. The van der Waals surface area contributed by atoms with Crippen molar-refractivity contribution < 1.29 is 4.79 Å². The number of amides is 1. The molecule has 0 aromatic heterocycles. The molecule has 1 aromatic carbocycles. The maximum absolute atomic E-state index is 12.0. The van der Waals surface area contributed by atoms with E-state index < -0.39 is 0 Å². The van der Waals surface area contributed by atoms with Gasteiger partial charge in [-0.25, -0.2) is 0 Å². The maximum Gasteiger partial charge on any atom is 0.251 e. The molecule has 0 heterocycles. The molecule has 1 N–H and O–H groups in total. The second kappa shape index (κ2) is 6.05. The number of halogens is 2. The predicted molar refractivity (Wildman–Crippen MR) is 78.5 cm³/mol. The number of hydrogen-bond acceptors (Lipinski definition) is 1. The van der Waals surface area contributed by atoms with Gasteiger partial charge in [-0.3, -0.25) is 4.79 Å². The summed E-state index contributed by atoms with van der Waals surface area (Å²) in [4.78, 5) is 12.0. The first-order valence-corrected chi connectivity index (χ1v) is 7.38. The summed E-state index contributed by atoms with van der Waals surface area (Å²) < 4.78 is 0.971. The minimum absolute atomic E-state index is 0.00444. The molecule has 1 fully saturated rings. The molecule has 1 saturated carbocycles. The Bertz CT molecular complexity index is 416. The van der Waals surface area contributed by atoms with E-state index in [4.69, 9.17) is 11.6 Å². The summed E-state index contributed by atoms with van der Waals surface area (Å²) in [6.45, 7) is 0. The molecule has 0 unspecified atom stereocenters. The van der Waals surface area contributed by atoms with Crippen molar-refractivity contribution in [2.75, 3.05) is 0 Å². The number of carbonyl (C=O) groups excluding carboxylic acids is 1. The van der Waals surface area contributed by atoms with Crippen LogP contribution in [0.3, 0.4) is 0 Å². The lowest BCUT2D eigenvalue weighted by molar-refractivity contribution is 0.0927. The molecule has 1 aliphatic rings. The summed E-state index contributed by atoms with van der Waals surface area (Å²) in [6.07, 6.45) is 5.94. The van der Waals surface area contributed by atoms with Crippen LogP contribution >= 0.6 is 34.2 Å². The fraction of sp³-hybridized carbons (Fsp3) is 0.462. The van der Waals surface area contributed by atoms with Crippen molar-refractivity contribution in [2.24, 2.45) is 0 Å². The fourth-order valence-corrected chi connectivity index (χ4v) is 2.67. The molecule has 0 atom stereocenters. The highest BCUT2D eigenvalue weighted by molar-refractivity contribution is 14.1.